The van der Waals surface area contributed by atoms with E-state index in [1.165, 1.54) is 0 Å². The quantitative estimate of drug-likeness (QED) is 0.895. The molecule has 1 aromatic carbocycles. The van der Waals surface area contributed by atoms with Crippen LogP contribution in [0.15, 0.2) is 18.2 Å². The SMILES string of the molecule is CCN1CCC[C@H](NC(=O)Nc2ccc(Cl)c(Cl)c2)C1. The molecular weight excluding hydrogens is 297 g/mol. The molecule has 1 aromatic rings. The Balaban J connectivity index is 1.87. The number of halogens is 2. The first-order valence-electron chi connectivity index (χ1n) is 6.83. The van der Waals surface area contributed by atoms with Crippen molar-refractivity contribution in [3.63, 3.8) is 0 Å². The minimum Gasteiger partial charge on any atom is -0.334 e. The normalized spacial score (nSPS) is 19.6. The molecule has 2 amide bonds. The number of nitrogens with zero attached hydrogens (tertiary/aromatic N) is 1. The topological polar surface area (TPSA) is 44.4 Å². The van der Waals surface area contributed by atoms with Crippen molar-refractivity contribution in [2.75, 3.05) is 25.0 Å². The first-order chi connectivity index (χ1) is 9.58. The molecular formula is C14H19Cl2N3O. The van der Waals surface area contributed by atoms with Crippen molar-refractivity contribution in [3.05, 3.63) is 28.2 Å². The predicted molar refractivity (Wildman–Crippen MR) is 83.8 cm³/mol. The van der Waals surface area contributed by atoms with E-state index in [1.54, 1.807) is 18.2 Å². The molecule has 1 fully saturated rings. The number of hydrogen-bond donors (Lipinski definition) is 2. The Morgan fingerprint density at radius 2 is 2.20 bits per heavy atom. The number of amides is 2. The second-order valence-corrected chi connectivity index (χ2v) is 5.77. The van der Waals surface area contributed by atoms with Gasteiger partial charge in [-0.15, -0.1) is 0 Å². The summed E-state index contributed by atoms with van der Waals surface area (Å²) in [6, 6.07) is 5.03. The van der Waals surface area contributed by atoms with E-state index in [-0.39, 0.29) is 12.1 Å². The third-order valence-electron chi connectivity index (χ3n) is 3.47. The Kier molecular flexibility index (Phi) is 5.52. The summed E-state index contributed by atoms with van der Waals surface area (Å²) in [5.41, 5.74) is 0.639. The number of likely N-dealkylation sites (N-methyl/N-ethyl adjacent to an activating group) is 1. The number of anilines is 1. The fraction of sp³-hybridized carbons (Fsp3) is 0.500. The van der Waals surface area contributed by atoms with Gasteiger partial charge < -0.3 is 15.5 Å². The van der Waals surface area contributed by atoms with Crippen LogP contribution in [-0.4, -0.2) is 36.6 Å². The Morgan fingerprint density at radius 3 is 2.90 bits per heavy atom. The van der Waals surface area contributed by atoms with Crippen LogP contribution in [0.5, 0.6) is 0 Å². The van der Waals surface area contributed by atoms with E-state index >= 15 is 0 Å². The molecule has 0 unspecified atom stereocenters. The maximum atomic E-state index is 12.0. The van der Waals surface area contributed by atoms with Crippen LogP contribution in [0, 0.1) is 0 Å². The molecule has 2 N–H and O–H groups in total. The molecule has 0 saturated carbocycles. The second-order valence-electron chi connectivity index (χ2n) is 4.96. The Morgan fingerprint density at radius 1 is 1.40 bits per heavy atom. The lowest BCUT2D eigenvalue weighted by molar-refractivity contribution is 0.196. The molecule has 0 aliphatic carbocycles. The van der Waals surface area contributed by atoms with Crippen LogP contribution in [0.3, 0.4) is 0 Å². The Hall–Kier alpha value is -0.970. The molecule has 1 atom stereocenters. The summed E-state index contributed by atoms with van der Waals surface area (Å²) >= 11 is 11.8. The van der Waals surface area contributed by atoms with Crippen LogP contribution in [-0.2, 0) is 0 Å². The monoisotopic (exact) mass is 315 g/mol. The molecule has 0 aromatic heterocycles. The van der Waals surface area contributed by atoms with Gasteiger partial charge in [0.1, 0.15) is 0 Å². The number of nitrogens with one attached hydrogen (secondary N) is 2. The highest BCUT2D eigenvalue weighted by Gasteiger charge is 2.20. The fourth-order valence-electron chi connectivity index (χ4n) is 2.39. The van der Waals surface area contributed by atoms with Gasteiger partial charge in [0.05, 0.1) is 10.0 Å². The van der Waals surface area contributed by atoms with Crippen LogP contribution in [0.1, 0.15) is 19.8 Å². The first kappa shape index (κ1) is 15.4. The third-order valence-corrected chi connectivity index (χ3v) is 4.20. The van der Waals surface area contributed by atoms with Gasteiger partial charge in [0.2, 0.25) is 0 Å². The van der Waals surface area contributed by atoms with Crippen molar-refractivity contribution in [1.29, 1.82) is 0 Å². The number of benzene rings is 1. The number of hydrogen-bond acceptors (Lipinski definition) is 2. The fourth-order valence-corrected chi connectivity index (χ4v) is 2.69. The molecule has 1 aliphatic heterocycles. The molecule has 0 spiro atoms. The van der Waals surface area contributed by atoms with Gasteiger partial charge in [-0.05, 0) is 44.1 Å². The highest BCUT2D eigenvalue weighted by Crippen LogP contribution is 2.24. The smallest absolute Gasteiger partial charge is 0.319 e. The van der Waals surface area contributed by atoms with E-state index in [1.807, 2.05) is 0 Å². The third kappa shape index (κ3) is 4.27. The first-order valence-corrected chi connectivity index (χ1v) is 7.59. The van der Waals surface area contributed by atoms with E-state index in [9.17, 15) is 4.79 Å². The van der Waals surface area contributed by atoms with Gasteiger partial charge in [0.25, 0.3) is 0 Å². The zero-order valence-corrected chi connectivity index (χ0v) is 13.0. The lowest BCUT2D eigenvalue weighted by Gasteiger charge is -2.32. The molecule has 1 aliphatic rings. The summed E-state index contributed by atoms with van der Waals surface area (Å²) < 4.78 is 0. The van der Waals surface area contributed by atoms with Crippen LogP contribution < -0.4 is 10.6 Å². The molecule has 20 heavy (non-hydrogen) atoms. The number of carbonyl (C=O) groups is 1. The van der Waals surface area contributed by atoms with Crippen molar-refractivity contribution in [2.45, 2.75) is 25.8 Å². The Bertz CT molecular complexity index is 481. The van der Waals surface area contributed by atoms with E-state index in [2.05, 4.69) is 22.5 Å². The maximum Gasteiger partial charge on any atom is 0.319 e. The van der Waals surface area contributed by atoms with Crippen molar-refractivity contribution in [1.82, 2.24) is 10.2 Å². The highest BCUT2D eigenvalue weighted by molar-refractivity contribution is 6.42. The van der Waals surface area contributed by atoms with E-state index < -0.39 is 0 Å². The van der Waals surface area contributed by atoms with E-state index in [0.717, 1.165) is 32.5 Å². The molecule has 4 nitrogen and oxygen atoms in total. The lowest BCUT2D eigenvalue weighted by atomic mass is 10.1. The molecule has 0 radical (unpaired) electrons. The van der Waals surface area contributed by atoms with Gasteiger partial charge in [-0.1, -0.05) is 30.1 Å². The second kappa shape index (κ2) is 7.16. The molecule has 0 bridgehead atoms. The van der Waals surface area contributed by atoms with Crippen molar-refractivity contribution in [3.8, 4) is 0 Å². The van der Waals surface area contributed by atoms with Gasteiger partial charge >= 0.3 is 6.03 Å². The number of rotatable bonds is 3. The van der Waals surface area contributed by atoms with Gasteiger partial charge in [-0.3, -0.25) is 0 Å². The predicted octanol–water partition coefficient (Wildman–Crippen LogP) is 3.60. The highest BCUT2D eigenvalue weighted by atomic mass is 35.5. The number of urea groups is 1. The summed E-state index contributed by atoms with van der Waals surface area (Å²) in [6.45, 7) is 5.18. The van der Waals surface area contributed by atoms with Gasteiger partial charge in [-0.2, -0.15) is 0 Å². The van der Waals surface area contributed by atoms with Crippen molar-refractivity contribution < 1.29 is 4.79 Å². The minimum atomic E-state index is -0.202. The van der Waals surface area contributed by atoms with E-state index in [4.69, 9.17) is 23.2 Å². The average molecular weight is 316 g/mol. The zero-order valence-electron chi connectivity index (χ0n) is 11.5. The number of piperidine rings is 1. The van der Waals surface area contributed by atoms with Crippen LogP contribution >= 0.6 is 23.2 Å². The Labute approximate surface area is 129 Å². The lowest BCUT2D eigenvalue weighted by Crippen LogP contribution is -2.48. The molecule has 2 rings (SSSR count). The standard InChI is InChI=1S/C14H19Cl2N3O/c1-2-19-7-3-4-11(9-19)18-14(20)17-10-5-6-12(15)13(16)8-10/h5-6,8,11H,2-4,7,9H2,1H3,(H2,17,18,20)/t11-/m0/s1. The van der Waals surface area contributed by atoms with Gasteiger partial charge in [0.15, 0.2) is 0 Å². The number of carbonyl (C=O) groups excluding carboxylic acids is 1. The summed E-state index contributed by atoms with van der Waals surface area (Å²) in [5.74, 6) is 0. The van der Waals surface area contributed by atoms with Crippen molar-refractivity contribution in [2.24, 2.45) is 0 Å². The molecule has 110 valence electrons. The van der Waals surface area contributed by atoms with Crippen LogP contribution in [0.25, 0.3) is 0 Å². The number of likely N-dealkylation sites (tertiary alicyclic amines) is 1. The van der Waals surface area contributed by atoms with Crippen molar-refractivity contribution >= 4 is 34.9 Å². The van der Waals surface area contributed by atoms with Crippen LogP contribution in [0.2, 0.25) is 10.0 Å². The summed E-state index contributed by atoms with van der Waals surface area (Å²) in [7, 11) is 0. The zero-order chi connectivity index (χ0) is 14.5. The summed E-state index contributed by atoms with van der Waals surface area (Å²) in [4.78, 5) is 14.3. The van der Waals surface area contributed by atoms with Crippen LogP contribution in [0.4, 0.5) is 10.5 Å². The minimum absolute atomic E-state index is 0.200. The molecule has 1 saturated heterocycles. The summed E-state index contributed by atoms with van der Waals surface area (Å²) in [6.07, 6.45) is 2.14. The summed E-state index contributed by atoms with van der Waals surface area (Å²) in [5, 5.41) is 6.68. The average Bonchev–Trinajstić information content (AvgIpc) is 2.43. The maximum absolute atomic E-state index is 12.0. The van der Waals surface area contributed by atoms with E-state index in [0.29, 0.717) is 15.7 Å². The largest absolute Gasteiger partial charge is 0.334 e. The molecule has 6 heteroatoms. The van der Waals surface area contributed by atoms with Gasteiger partial charge in [-0.25, -0.2) is 4.79 Å². The van der Waals surface area contributed by atoms with Gasteiger partial charge in [0, 0.05) is 18.3 Å². The molecule has 1 heterocycles.